The number of rotatable bonds is 6. The number of sulfone groups is 1. The number of carbonyl (C=O) groups excluding carboxylic acids is 1. The fourth-order valence-corrected chi connectivity index (χ4v) is 3.73. The first-order chi connectivity index (χ1) is 13.7. The predicted molar refractivity (Wildman–Crippen MR) is 113 cm³/mol. The summed E-state index contributed by atoms with van der Waals surface area (Å²) in [6.07, 6.45) is 4.77. The van der Waals surface area contributed by atoms with Gasteiger partial charge in [-0.2, -0.15) is 0 Å². The predicted octanol–water partition coefficient (Wildman–Crippen LogP) is 3.55. The number of nitrogens with one attached hydrogen (secondary N) is 1. The zero-order valence-electron chi connectivity index (χ0n) is 16.7. The molecule has 0 radical (unpaired) electrons. The van der Waals surface area contributed by atoms with Gasteiger partial charge in [0, 0.05) is 18.6 Å². The average molecular weight is 409 g/mol. The zero-order chi connectivity index (χ0) is 21.0. The van der Waals surface area contributed by atoms with Crippen molar-refractivity contribution >= 4 is 15.7 Å². The minimum absolute atomic E-state index is 0.149. The van der Waals surface area contributed by atoms with Gasteiger partial charge in [0.15, 0.2) is 9.84 Å². The first-order valence-electron chi connectivity index (χ1n) is 9.29. The van der Waals surface area contributed by atoms with Crippen LogP contribution < -0.4 is 5.32 Å². The van der Waals surface area contributed by atoms with Gasteiger partial charge >= 0.3 is 0 Å². The lowest BCUT2D eigenvalue weighted by Crippen LogP contribution is -2.30. The number of amides is 1. The lowest BCUT2D eigenvalue weighted by Gasteiger charge is -2.20. The standard InChI is InChI=1S/C23H24N2O3S/c1-16-6-9-19(13-17(16)2)23(20-5-4-12-24-15-20)25-22(26)14-18-7-10-21(11-8-18)29(3,27)28/h4-13,15,23H,14H2,1-3H3,(H,25,26). The quantitative estimate of drug-likeness (QED) is 0.677. The van der Waals surface area contributed by atoms with E-state index in [4.69, 9.17) is 0 Å². The van der Waals surface area contributed by atoms with Crippen LogP contribution in [0.5, 0.6) is 0 Å². The lowest BCUT2D eigenvalue weighted by molar-refractivity contribution is -0.120. The van der Waals surface area contributed by atoms with Gasteiger partial charge in [0.25, 0.3) is 0 Å². The van der Waals surface area contributed by atoms with E-state index in [-0.39, 0.29) is 23.3 Å². The van der Waals surface area contributed by atoms with E-state index >= 15 is 0 Å². The highest BCUT2D eigenvalue weighted by Gasteiger charge is 2.18. The SMILES string of the molecule is Cc1ccc(C(NC(=O)Cc2ccc(S(C)(=O)=O)cc2)c2cccnc2)cc1C. The molecule has 0 saturated heterocycles. The molecule has 1 atom stereocenters. The summed E-state index contributed by atoms with van der Waals surface area (Å²) in [5.74, 6) is -0.149. The molecule has 29 heavy (non-hydrogen) atoms. The Balaban J connectivity index is 1.82. The Morgan fingerprint density at radius 3 is 2.31 bits per heavy atom. The summed E-state index contributed by atoms with van der Waals surface area (Å²) in [5, 5.41) is 3.09. The van der Waals surface area contributed by atoms with Gasteiger partial charge < -0.3 is 5.32 Å². The molecule has 5 nitrogen and oxygen atoms in total. The fraction of sp³-hybridized carbons (Fsp3) is 0.217. The van der Waals surface area contributed by atoms with Gasteiger partial charge in [-0.15, -0.1) is 0 Å². The number of benzene rings is 2. The van der Waals surface area contributed by atoms with Gasteiger partial charge in [-0.25, -0.2) is 8.42 Å². The third kappa shape index (κ3) is 5.29. The molecule has 0 bridgehead atoms. The van der Waals surface area contributed by atoms with Gasteiger partial charge in [0.2, 0.25) is 5.91 Å². The summed E-state index contributed by atoms with van der Waals surface area (Å²) >= 11 is 0. The molecule has 3 aromatic rings. The van der Waals surface area contributed by atoms with Gasteiger partial charge in [-0.1, -0.05) is 36.4 Å². The summed E-state index contributed by atoms with van der Waals surface area (Å²) in [6.45, 7) is 4.10. The van der Waals surface area contributed by atoms with Crippen molar-refractivity contribution < 1.29 is 13.2 Å². The number of hydrogen-bond donors (Lipinski definition) is 1. The number of nitrogens with zero attached hydrogens (tertiary/aromatic N) is 1. The molecule has 1 N–H and O–H groups in total. The van der Waals surface area contributed by atoms with Crippen LogP contribution in [0.4, 0.5) is 0 Å². The second-order valence-corrected chi connectivity index (χ2v) is 9.24. The van der Waals surface area contributed by atoms with E-state index in [1.807, 2.05) is 31.2 Å². The summed E-state index contributed by atoms with van der Waals surface area (Å²) < 4.78 is 23.2. The average Bonchev–Trinajstić information content (AvgIpc) is 2.69. The molecule has 0 aliphatic rings. The van der Waals surface area contributed by atoms with Gasteiger partial charge in [0.1, 0.15) is 0 Å². The molecule has 0 spiro atoms. The molecule has 0 fully saturated rings. The molecule has 6 heteroatoms. The van der Waals surface area contributed by atoms with Crippen molar-refractivity contribution in [1.82, 2.24) is 10.3 Å². The largest absolute Gasteiger partial charge is 0.345 e. The Morgan fingerprint density at radius 1 is 1.00 bits per heavy atom. The second-order valence-electron chi connectivity index (χ2n) is 7.22. The third-order valence-electron chi connectivity index (χ3n) is 4.90. The highest BCUT2D eigenvalue weighted by molar-refractivity contribution is 7.90. The molecule has 1 aromatic heterocycles. The number of pyridine rings is 1. The van der Waals surface area contributed by atoms with Crippen molar-refractivity contribution in [3.05, 3.63) is 94.8 Å². The van der Waals surface area contributed by atoms with E-state index in [0.29, 0.717) is 0 Å². The first kappa shape index (κ1) is 20.7. The topological polar surface area (TPSA) is 76.1 Å². The van der Waals surface area contributed by atoms with E-state index < -0.39 is 9.84 Å². The number of aryl methyl sites for hydroxylation is 2. The van der Waals surface area contributed by atoms with E-state index in [2.05, 4.69) is 23.3 Å². The fourth-order valence-electron chi connectivity index (χ4n) is 3.10. The molecule has 0 saturated carbocycles. The smallest absolute Gasteiger partial charge is 0.225 e. The zero-order valence-corrected chi connectivity index (χ0v) is 17.5. The van der Waals surface area contributed by atoms with Crippen molar-refractivity contribution in [3.63, 3.8) is 0 Å². The van der Waals surface area contributed by atoms with Crippen LogP contribution >= 0.6 is 0 Å². The normalized spacial score (nSPS) is 12.4. The molecule has 0 aliphatic carbocycles. The maximum atomic E-state index is 12.8. The molecule has 3 rings (SSSR count). The van der Waals surface area contributed by atoms with Crippen molar-refractivity contribution in [3.8, 4) is 0 Å². The van der Waals surface area contributed by atoms with Crippen molar-refractivity contribution in [2.75, 3.05) is 6.26 Å². The Morgan fingerprint density at radius 2 is 1.72 bits per heavy atom. The van der Waals surface area contributed by atoms with Crippen LogP contribution in [-0.4, -0.2) is 25.6 Å². The Labute approximate surface area is 171 Å². The Kier molecular flexibility index (Phi) is 6.13. The maximum absolute atomic E-state index is 12.8. The number of hydrogen-bond acceptors (Lipinski definition) is 4. The summed E-state index contributed by atoms with van der Waals surface area (Å²) in [5.41, 5.74) is 4.98. The van der Waals surface area contributed by atoms with E-state index in [1.165, 1.54) is 17.7 Å². The van der Waals surface area contributed by atoms with Crippen LogP contribution in [0.15, 0.2) is 71.9 Å². The maximum Gasteiger partial charge on any atom is 0.225 e. The molecule has 1 unspecified atom stereocenters. The van der Waals surface area contributed by atoms with Crippen LogP contribution in [0.1, 0.15) is 33.9 Å². The van der Waals surface area contributed by atoms with Crippen molar-refractivity contribution in [2.45, 2.75) is 31.2 Å². The molecule has 150 valence electrons. The summed E-state index contributed by atoms with van der Waals surface area (Å²) in [7, 11) is -3.25. The van der Waals surface area contributed by atoms with Crippen LogP contribution in [0.3, 0.4) is 0 Å². The van der Waals surface area contributed by atoms with Gasteiger partial charge in [-0.05, 0) is 59.9 Å². The van der Waals surface area contributed by atoms with E-state index in [1.54, 1.807) is 24.5 Å². The Bertz CT molecular complexity index is 1110. The summed E-state index contributed by atoms with van der Waals surface area (Å²) in [6, 6.07) is 16.0. The Hall–Kier alpha value is -2.99. The van der Waals surface area contributed by atoms with Crippen LogP contribution in [0, 0.1) is 13.8 Å². The molecular weight excluding hydrogens is 384 g/mol. The van der Waals surface area contributed by atoms with Gasteiger partial charge in [-0.3, -0.25) is 9.78 Å². The monoisotopic (exact) mass is 408 g/mol. The van der Waals surface area contributed by atoms with Crippen LogP contribution in [-0.2, 0) is 21.1 Å². The minimum Gasteiger partial charge on any atom is -0.345 e. The molecule has 1 amide bonds. The molecular formula is C23H24N2O3S. The minimum atomic E-state index is -3.25. The van der Waals surface area contributed by atoms with E-state index in [0.717, 1.165) is 28.5 Å². The molecule has 2 aromatic carbocycles. The summed E-state index contributed by atoms with van der Waals surface area (Å²) in [4.78, 5) is 17.2. The lowest BCUT2D eigenvalue weighted by atomic mass is 9.96. The van der Waals surface area contributed by atoms with Crippen LogP contribution in [0.2, 0.25) is 0 Å². The molecule has 0 aliphatic heterocycles. The number of carbonyl (C=O) groups is 1. The number of aromatic nitrogens is 1. The highest BCUT2D eigenvalue weighted by Crippen LogP contribution is 2.24. The van der Waals surface area contributed by atoms with Crippen LogP contribution in [0.25, 0.3) is 0 Å². The highest BCUT2D eigenvalue weighted by atomic mass is 32.2. The molecule has 1 heterocycles. The van der Waals surface area contributed by atoms with Crippen molar-refractivity contribution in [2.24, 2.45) is 0 Å². The second kappa shape index (κ2) is 8.57. The van der Waals surface area contributed by atoms with E-state index in [9.17, 15) is 13.2 Å². The first-order valence-corrected chi connectivity index (χ1v) is 11.2. The third-order valence-corrected chi connectivity index (χ3v) is 6.03. The van der Waals surface area contributed by atoms with Crippen molar-refractivity contribution in [1.29, 1.82) is 0 Å². The van der Waals surface area contributed by atoms with Gasteiger partial charge in [0.05, 0.1) is 17.4 Å².